The minimum absolute atomic E-state index is 0.100. The fourth-order valence-electron chi connectivity index (χ4n) is 1.96. The predicted octanol–water partition coefficient (Wildman–Crippen LogP) is 2.28. The van der Waals surface area contributed by atoms with Crippen molar-refractivity contribution in [2.24, 2.45) is 0 Å². The molecular weight excluding hydrogens is 306 g/mol. The van der Waals surface area contributed by atoms with Gasteiger partial charge in [0.1, 0.15) is 5.75 Å². The number of amides is 2. The van der Waals surface area contributed by atoms with Gasteiger partial charge in [0, 0.05) is 25.3 Å². The van der Waals surface area contributed by atoms with Crippen LogP contribution in [0.1, 0.15) is 15.9 Å². The van der Waals surface area contributed by atoms with Crippen molar-refractivity contribution in [2.75, 3.05) is 26.0 Å². The zero-order valence-electron chi connectivity index (χ0n) is 13.4. The third-order valence-corrected chi connectivity index (χ3v) is 3.15. The Morgan fingerprint density at radius 1 is 1.17 bits per heavy atom. The van der Waals surface area contributed by atoms with Crippen LogP contribution < -0.4 is 10.1 Å². The van der Waals surface area contributed by atoms with Crippen molar-refractivity contribution >= 4 is 17.5 Å². The predicted molar refractivity (Wildman–Crippen MR) is 89.7 cm³/mol. The van der Waals surface area contributed by atoms with Gasteiger partial charge in [0.15, 0.2) is 6.61 Å². The highest BCUT2D eigenvalue weighted by Crippen LogP contribution is 2.14. The Morgan fingerprint density at radius 3 is 2.50 bits per heavy atom. The van der Waals surface area contributed by atoms with Gasteiger partial charge in [0.05, 0.1) is 11.6 Å². The minimum atomic E-state index is -0.335. The molecule has 122 valence electrons. The summed E-state index contributed by atoms with van der Waals surface area (Å²) in [6.45, 7) is -0.169. The first-order valence-corrected chi connectivity index (χ1v) is 7.24. The monoisotopic (exact) mass is 323 g/mol. The number of ether oxygens (including phenoxy) is 1. The van der Waals surface area contributed by atoms with Crippen LogP contribution in [0.4, 0.5) is 5.69 Å². The summed E-state index contributed by atoms with van der Waals surface area (Å²) >= 11 is 0. The van der Waals surface area contributed by atoms with Gasteiger partial charge < -0.3 is 15.0 Å². The third kappa shape index (κ3) is 4.58. The van der Waals surface area contributed by atoms with Crippen molar-refractivity contribution in [1.29, 1.82) is 5.26 Å². The molecule has 2 aromatic rings. The highest BCUT2D eigenvalue weighted by Gasteiger charge is 2.08. The lowest BCUT2D eigenvalue weighted by Gasteiger charge is -2.11. The van der Waals surface area contributed by atoms with E-state index in [1.807, 2.05) is 6.07 Å². The van der Waals surface area contributed by atoms with Crippen LogP contribution in [0.15, 0.2) is 48.5 Å². The lowest BCUT2D eigenvalue weighted by Crippen LogP contribution is -2.22. The highest BCUT2D eigenvalue weighted by molar-refractivity contribution is 5.94. The number of nitrogens with one attached hydrogen (secondary N) is 1. The van der Waals surface area contributed by atoms with Gasteiger partial charge in [-0.15, -0.1) is 0 Å². The Kier molecular flexibility index (Phi) is 5.53. The lowest BCUT2D eigenvalue weighted by molar-refractivity contribution is -0.118. The zero-order chi connectivity index (χ0) is 17.5. The maximum atomic E-state index is 11.9. The topological polar surface area (TPSA) is 82.4 Å². The summed E-state index contributed by atoms with van der Waals surface area (Å²) < 4.78 is 5.39. The molecule has 0 heterocycles. The second-order valence-electron chi connectivity index (χ2n) is 5.25. The molecule has 0 aliphatic heterocycles. The van der Waals surface area contributed by atoms with E-state index in [9.17, 15) is 9.59 Å². The first-order chi connectivity index (χ1) is 11.5. The van der Waals surface area contributed by atoms with Gasteiger partial charge in [0.25, 0.3) is 11.8 Å². The van der Waals surface area contributed by atoms with Crippen LogP contribution in [0.5, 0.6) is 5.75 Å². The van der Waals surface area contributed by atoms with E-state index in [0.29, 0.717) is 22.6 Å². The Labute approximate surface area is 140 Å². The molecule has 2 aromatic carbocycles. The first-order valence-electron chi connectivity index (χ1n) is 7.24. The van der Waals surface area contributed by atoms with Crippen LogP contribution in [-0.2, 0) is 4.79 Å². The van der Waals surface area contributed by atoms with Crippen LogP contribution in [-0.4, -0.2) is 37.4 Å². The number of benzene rings is 2. The Bertz CT molecular complexity index is 777. The Balaban J connectivity index is 1.89. The van der Waals surface area contributed by atoms with Crippen LogP contribution >= 0.6 is 0 Å². The standard InChI is InChI=1S/C18H17N3O3/c1-21(2)18(23)14-6-8-16(9-7-14)24-12-17(22)20-15-5-3-4-13(10-15)11-19/h3-10H,12H2,1-2H3,(H,20,22). The van der Waals surface area contributed by atoms with Gasteiger partial charge in [-0.05, 0) is 42.5 Å². The fourth-order valence-corrected chi connectivity index (χ4v) is 1.96. The zero-order valence-corrected chi connectivity index (χ0v) is 13.4. The molecule has 0 bridgehead atoms. The van der Waals surface area contributed by atoms with E-state index in [2.05, 4.69) is 5.32 Å². The van der Waals surface area contributed by atoms with Crippen LogP contribution in [0.25, 0.3) is 0 Å². The molecule has 2 rings (SSSR count). The molecule has 0 aliphatic carbocycles. The van der Waals surface area contributed by atoms with Crippen molar-refractivity contribution in [2.45, 2.75) is 0 Å². The number of carbonyl (C=O) groups excluding carboxylic acids is 2. The number of carbonyl (C=O) groups is 2. The molecule has 24 heavy (non-hydrogen) atoms. The normalized spacial score (nSPS) is 9.71. The number of hydrogen-bond donors (Lipinski definition) is 1. The number of nitriles is 1. The molecule has 0 aliphatic rings. The van der Waals surface area contributed by atoms with E-state index in [4.69, 9.17) is 10.00 Å². The van der Waals surface area contributed by atoms with Crippen molar-refractivity contribution < 1.29 is 14.3 Å². The van der Waals surface area contributed by atoms with E-state index < -0.39 is 0 Å². The van der Waals surface area contributed by atoms with Crippen molar-refractivity contribution in [1.82, 2.24) is 4.90 Å². The maximum Gasteiger partial charge on any atom is 0.262 e. The van der Waals surface area contributed by atoms with Crippen molar-refractivity contribution in [3.8, 4) is 11.8 Å². The summed E-state index contributed by atoms with van der Waals surface area (Å²) in [5.41, 5.74) is 1.55. The third-order valence-electron chi connectivity index (χ3n) is 3.15. The van der Waals surface area contributed by atoms with Gasteiger partial charge in [0.2, 0.25) is 0 Å². The van der Waals surface area contributed by atoms with Crippen molar-refractivity contribution in [3.05, 3.63) is 59.7 Å². The molecule has 0 aromatic heterocycles. The second kappa shape index (κ2) is 7.79. The summed E-state index contributed by atoms with van der Waals surface area (Å²) in [5.74, 6) is 0.0569. The molecule has 1 N–H and O–H groups in total. The first kappa shape index (κ1) is 17.0. The average molecular weight is 323 g/mol. The largest absolute Gasteiger partial charge is 0.484 e. The highest BCUT2D eigenvalue weighted by atomic mass is 16.5. The van der Waals surface area contributed by atoms with E-state index >= 15 is 0 Å². The SMILES string of the molecule is CN(C)C(=O)c1ccc(OCC(=O)Nc2cccc(C#N)c2)cc1. The molecule has 0 saturated carbocycles. The summed E-state index contributed by atoms with van der Waals surface area (Å²) in [5, 5.41) is 11.5. The van der Waals surface area contributed by atoms with Gasteiger partial charge in [-0.25, -0.2) is 0 Å². The molecule has 6 heteroatoms. The van der Waals surface area contributed by atoms with Crippen molar-refractivity contribution in [3.63, 3.8) is 0 Å². The lowest BCUT2D eigenvalue weighted by atomic mass is 10.2. The van der Waals surface area contributed by atoms with Gasteiger partial charge >= 0.3 is 0 Å². The molecule has 0 atom stereocenters. The molecule has 0 fully saturated rings. The maximum absolute atomic E-state index is 11.9. The van der Waals surface area contributed by atoms with Gasteiger partial charge in [-0.2, -0.15) is 5.26 Å². The van der Waals surface area contributed by atoms with Crippen LogP contribution in [0.3, 0.4) is 0 Å². The van der Waals surface area contributed by atoms with Crippen LogP contribution in [0.2, 0.25) is 0 Å². The number of rotatable bonds is 5. The number of hydrogen-bond acceptors (Lipinski definition) is 4. The molecule has 0 unspecified atom stereocenters. The van der Waals surface area contributed by atoms with Gasteiger partial charge in [-0.1, -0.05) is 6.07 Å². The Hall–Kier alpha value is -3.33. The summed E-state index contributed by atoms with van der Waals surface area (Å²) in [6.07, 6.45) is 0. The van der Waals surface area contributed by atoms with E-state index in [1.165, 1.54) is 4.90 Å². The molecule has 0 saturated heterocycles. The summed E-state index contributed by atoms with van der Waals surface area (Å²) in [7, 11) is 3.36. The molecule has 6 nitrogen and oxygen atoms in total. The summed E-state index contributed by atoms with van der Waals surface area (Å²) in [4.78, 5) is 25.1. The quantitative estimate of drug-likeness (QED) is 0.915. The molecular formula is C18H17N3O3. The Morgan fingerprint density at radius 2 is 1.88 bits per heavy atom. The average Bonchev–Trinajstić information content (AvgIpc) is 2.60. The van der Waals surface area contributed by atoms with E-state index in [-0.39, 0.29) is 18.4 Å². The fraction of sp³-hybridized carbons (Fsp3) is 0.167. The number of nitrogens with zero attached hydrogens (tertiary/aromatic N) is 2. The minimum Gasteiger partial charge on any atom is -0.484 e. The van der Waals surface area contributed by atoms with Crippen LogP contribution in [0, 0.1) is 11.3 Å². The second-order valence-corrected chi connectivity index (χ2v) is 5.25. The smallest absolute Gasteiger partial charge is 0.262 e. The van der Waals surface area contributed by atoms with E-state index in [0.717, 1.165) is 0 Å². The molecule has 0 radical (unpaired) electrons. The number of anilines is 1. The molecule has 0 spiro atoms. The van der Waals surface area contributed by atoms with Gasteiger partial charge in [-0.3, -0.25) is 9.59 Å². The summed E-state index contributed by atoms with van der Waals surface area (Å²) in [6, 6.07) is 15.2. The van der Waals surface area contributed by atoms with E-state index in [1.54, 1.807) is 62.6 Å². The molecule has 2 amide bonds.